The molecule has 0 aliphatic carbocycles. The first-order chi connectivity index (χ1) is 13.8. The Kier molecular flexibility index (Phi) is 6.73. The number of hydrogen-bond donors (Lipinski definition) is 1. The first-order valence-corrected chi connectivity index (χ1v) is 10.7. The average molecular weight is 385 g/mol. The summed E-state index contributed by atoms with van der Waals surface area (Å²) < 4.78 is 7.50. The Morgan fingerprint density at radius 2 is 1.89 bits per heavy atom. The van der Waals surface area contributed by atoms with Crippen LogP contribution in [0.3, 0.4) is 0 Å². The van der Waals surface area contributed by atoms with Crippen molar-refractivity contribution in [3.05, 3.63) is 47.5 Å². The third-order valence-corrected chi connectivity index (χ3v) is 6.06. The van der Waals surface area contributed by atoms with E-state index in [1.807, 2.05) is 10.7 Å². The van der Waals surface area contributed by atoms with Crippen LogP contribution >= 0.6 is 0 Å². The van der Waals surface area contributed by atoms with Gasteiger partial charge in [0.05, 0.1) is 13.2 Å². The third kappa shape index (κ3) is 4.80. The van der Waals surface area contributed by atoms with Crippen molar-refractivity contribution < 1.29 is 9.84 Å². The van der Waals surface area contributed by atoms with E-state index < -0.39 is 0 Å². The van der Waals surface area contributed by atoms with E-state index in [1.165, 1.54) is 18.5 Å². The molecule has 3 heterocycles. The fourth-order valence-corrected chi connectivity index (χ4v) is 4.57. The molecule has 28 heavy (non-hydrogen) atoms. The van der Waals surface area contributed by atoms with Gasteiger partial charge in [-0.3, -0.25) is 4.90 Å². The van der Waals surface area contributed by atoms with E-state index in [2.05, 4.69) is 29.2 Å². The number of aromatic nitrogens is 3. The molecule has 2 fully saturated rings. The number of aryl methyl sites for hydroxylation is 2. The van der Waals surface area contributed by atoms with Crippen LogP contribution in [-0.4, -0.2) is 63.7 Å². The van der Waals surface area contributed by atoms with E-state index in [0.717, 1.165) is 63.5 Å². The molecule has 1 N–H and O–H groups in total. The summed E-state index contributed by atoms with van der Waals surface area (Å²) in [4.78, 5) is 7.57. The van der Waals surface area contributed by atoms with Crippen LogP contribution in [0.5, 0.6) is 0 Å². The second-order valence-corrected chi connectivity index (χ2v) is 8.00. The van der Waals surface area contributed by atoms with Crippen LogP contribution in [0, 0.1) is 0 Å². The van der Waals surface area contributed by atoms with Crippen molar-refractivity contribution >= 4 is 0 Å². The summed E-state index contributed by atoms with van der Waals surface area (Å²) in [5, 5.41) is 14.2. The van der Waals surface area contributed by atoms with Crippen LogP contribution in [0.25, 0.3) is 0 Å². The molecule has 2 saturated heterocycles. The highest BCUT2D eigenvalue weighted by Gasteiger charge is 2.30. The molecule has 0 radical (unpaired) electrons. The highest BCUT2D eigenvalue weighted by Crippen LogP contribution is 2.29. The van der Waals surface area contributed by atoms with Crippen molar-refractivity contribution in [3.8, 4) is 0 Å². The molecule has 1 atom stereocenters. The number of piperidine rings is 1. The minimum atomic E-state index is 0.102. The molecule has 2 aromatic rings. The van der Waals surface area contributed by atoms with Crippen molar-refractivity contribution in [2.24, 2.45) is 0 Å². The first kappa shape index (κ1) is 19.6. The molecule has 1 aromatic heterocycles. The number of hydrogen-bond acceptors (Lipinski definition) is 5. The van der Waals surface area contributed by atoms with E-state index in [-0.39, 0.29) is 6.61 Å². The van der Waals surface area contributed by atoms with E-state index >= 15 is 0 Å². The van der Waals surface area contributed by atoms with Gasteiger partial charge in [0.15, 0.2) is 5.82 Å². The number of aliphatic hydroxyl groups excluding tert-OH is 1. The van der Waals surface area contributed by atoms with Crippen LogP contribution in [-0.2, 0) is 24.1 Å². The van der Waals surface area contributed by atoms with Gasteiger partial charge in [-0.25, -0.2) is 9.67 Å². The van der Waals surface area contributed by atoms with Crippen molar-refractivity contribution in [2.75, 3.05) is 32.9 Å². The molecule has 4 rings (SSSR count). The van der Waals surface area contributed by atoms with Crippen LogP contribution in [0.2, 0.25) is 0 Å². The number of rotatable bonds is 7. The number of nitrogens with zero attached hydrogens (tertiary/aromatic N) is 4. The first-order valence-electron chi connectivity index (χ1n) is 10.7. The number of likely N-dealkylation sites (tertiary alicyclic amines) is 1. The van der Waals surface area contributed by atoms with E-state index in [0.29, 0.717) is 18.5 Å². The van der Waals surface area contributed by atoms with Gasteiger partial charge in [-0.05, 0) is 44.2 Å². The predicted octanol–water partition coefficient (Wildman–Crippen LogP) is 2.41. The molecule has 0 amide bonds. The Labute approximate surface area is 167 Å². The predicted molar refractivity (Wildman–Crippen MR) is 108 cm³/mol. The minimum absolute atomic E-state index is 0.102. The van der Waals surface area contributed by atoms with Gasteiger partial charge >= 0.3 is 0 Å². The Morgan fingerprint density at radius 3 is 2.68 bits per heavy atom. The van der Waals surface area contributed by atoms with Gasteiger partial charge in [-0.1, -0.05) is 30.3 Å². The molecule has 152 valence electrons. The summed E-state index contributed by atoms with van der Waals surface area (Å²) in [7, 11) is 0. The van der Waals surface area contributed by atoms with Crippen LogP contribution < -0.4 is 0 Å². The summed E-state index contributed by atoms with van der Waals surface area (Å²) in [6.45, 7) is 4.63. The zero-order valence-electron chi connectivity index (χ0n) is 16.7. The van der Waals surface area contributed by atoms with Crippen LogP contribution in [0.15, 0.2) is 30.3 Å². The minimum Gasteiger partial charge on any atom is -0.394 e. The average Bonchev–Trinajstić information content (AvgIpc) is 3.17. The maximum absolute atomic E-state index is 9.50. The van der Waals surface area contributed by atoms with Gasteiger partial charge in [-0.15, -0.1) is 0 Å². The topological polar surface area (TPSA) is 63.4 Å². The quantitative estimate of drug-likeness (QED) is 0.794. The van der Waals surface area contributed by atoms with Crippen LogP contribution in [0.4, 0.5) is 0 Å². The monoisotopic (exact) mass is 384 g/mol. The lowest BCUT2D eigenvalue weighted by Gasteiger charge is -2.39. The third-order valence-electron chi connectivity index (χ3n) is 6.06. The lowest BCUT2D eigenvalue weighted by Crippen LogP contribution is -2.45. The van der Waals surface area contributed by atoms with Gasteiger partial charge in [0, 0.05) is 38.1 Å². The molecule has 6 heteroatoms. The van der Waals surface area contributed by atoms with Crippen molar-refractivity contribution in [1.82, 2.24) is 19.7 Å². The lowest BCUT2D eigenvalue weighted by atomic mass is 9.94. The molecular formula is C22H32N4O2. The summed E-state index contributed by atoms with van der Waals surface area (Å²) in [5.41, 5.74) is 1.31. The molecular weight excluding hydrogens is 352 g/mol. The Bertz CT molecular complexity index is 727. The van der Waals surface area contributed by atoms with Gasteiger partial charge in [0.1, 0.15) is 5.82 Å². The Balaban J connectivity index is 1.45. The summed E-state index contributed by atoms with van der Waals surface area (Å²) in [6, 6.07) is 11.1. The van der Waals surface area contributed by atoms with E-state index in [9.17, 15) is 5.11 Å². The Morgan fingerprint density at radius 1 is 1.07 bits per heavy atom. The number of ether oxygens (including phenoxy) is 1. The highest BCUT2D eigenvalue weighted by molar-refractivity contribution is 5.16. The molecule has 2 aliphatic heterocycles. The highest BCUT2D eigenvalue weighted by atomic mass is 16.5. The summed E-state index contributed by atoms with van der Waals surface area (Å²) >= 11 is 0. The molecule has 1 unspecified atom stereocenters. The van der Waals surface area contributed by atoms with Crippen LogP contribution in [0.1, 0.15) is 48.8 Å². The van der Waals surface area contributed by atoms with Gasteiger partial charge < -0.3 is 9.84 Å². The van der Waals surface area contributed by atoms with E-state index in [1.54, 1.807) is 0 Å². The van der Waals surface area contributed by atoms with Gasteiger partial charge in [0.2, 0.25) is 0 Å². The standard InChI is InChI=1S/C22H32N4O2/c27-14-13-26-22(23-21(24-26)9-8-18-5-2-1-3-6-18)19-7-4-12-25(17-19)20-10-15-28-16-11-20/h1-3,5-6,19-20,27H,4,7-17H2. The smallest absolute Gasteiger partial charge is 0.151 e. The fourth-order valence-electron chi connectivity index (χ4n) is 4.57. The normalized spacial score (nSPS) is 21.8. The van der Waals surface area contributed by atoms with Crippen molar-refractivity contribution in [3.63, 3.8) is 0 Å². The molecule has 0 saturated carbocycles. The zero-order valence-corrected chi connectivity index (χ0v) is 16.7. The largest absolute Gasteiger partial charge is 0.394 e. The Hall–Kier alpha value is -1.76. The summed E-state index contributed by atoms with van der Waals surface area (Å²) in [5.74, 6) is 2.37. The zero-order chi connectivity index (χ0) is 19.2. The van der Waals surface area contributed by atoms with E-state index in [4.69, 9.17) is 14.8 Å². The molecule has 6 nitrogen and oxygen atoms in total. The van der Waals surface area contributed by atoms with Crippen molar-refractivity contribution in [2.45, 2.75) is 57.0 Å². The number of benzene rings is 1. The lowest BCUT2D eigenvalue weighted by molar-refractivity contribution is 0.0232. The second-order valence-electron chi connectivity index (χ2n) is 8.00. The second kappa shape index (κ2) is 9.63. The number of aliphatic hydroxyl groups is 1. The van der Waals surface area contributed by atoms with Crippen molar-refractivity contribution in [1.29, 1.82) is 0 Å². The fraction of sp³-hybridized carbons (Fsp3) is 0.636. The maximum atomic E-state index is 9.50. The summed E-state index contributed by atoms with van der Waals surface area (Å²) in [6.07, 6.45) is 6.42. The van der Waals surface area contributed by atoms with Gasteiger partial charge in [-0.2, -0.15) is 5.10 Å². The molecule has 2 aliphatic rings. The molecule has 1 aromatic carbocycles. The molecule has 0 spiro atoms. The molecule has 0 bridgehead atoms. The SMILES string of the molecule is OCCn1nc(CCc2ccccc2)nc1C1CCCN(C2CCOCC2)C1. The van der Waals surface area contributed by atoms with Gasteiger partial charge in [0.25, 0.3) is 0 Å². The maximum Gasteiger partial charge on any atom is 0.151 e.